The van der Waals surface area contributed by atoms with Gasteiger partial charge < -0.3 is 4.74 Å². The van der Waals surface area contributed by atoms with Gasteiger partial charge in [-0.2, -0.15) is 5.26 Å². The van der Waals surface area contributed by atoms with Crippen molar-refractivity contribution >= 4 is 5.82 Å². The van der Waals surface area contributed by atoms with Gasteiger partial charge in [-0.05, 0) is 18.1 Å². The van der Waals surface area contributed by atoms with Gasteiger partial charge in [0.05, 0.1) is 7.11 Å². The molecule has 0 aliphatic carbocycles. The zero-order chi connectivity index (χ0) is 15.4. The highest BCUT2D eigenvalue weighted by Gasteiger charge is 2.18. The first-order chi connectivity index (χ1) is 10.1. The number of rotatable bonds is 4. The molecule has 0 atom stereocenters. The number of aromatic nitrogens is 1. The topological polar surface area (TPSA) is 73.2 Å². The van der Waals surface area contributed by atoms with E-state index in [1.54, 1.807) is 7.11 Å². The maximum absolute atomic E-state index is 9.41. The number of hydrogen-bond acceptors (Lipinski definition) is 3. The van der Waals surface area contributed by atoms with Crippen molar-refractivity contribution in [2.75, 3.05) is 12.8 Å². The molecule has 4 heteroatoms. The van der Waals surface area contributed by atoms with Crippen LogP contribution in [0.1, 0.15) is 25.1 Å². The summed E-state index contributed by atoms with van der Waals surface area (Å²) in [5, 5.41) is 9.41. The molecule has 0 aliphatic heterocycles. The third-order valence-corrected chi connectivity index (χ3v) is 3.29. The minimum Gasteiger partial charge on any atom is -0.496 e. The van der Waals surface area contributed by atoms with Crippen LogP contribution in [0.25, 0.3) is 11.1 Å². The fraction of sp³-hybridized carbons (Fsp3) is 0.294. The molecule has 0 bridgehead atoms. The Morgan fingerprint density at radius 1 is 1.29 bits per heavy atom. The molecular weight excluding hydrogens is 262 g/mol. The van der Waals surface area contributed by atoms with E-state index in [0.29, 0.717) is 17.3 Å². The number of nitrogens with two attached hydrogens (primary N) is 1. The summed E-state index contributed by atoms with van der Waals surface area (Å²) in [5.41, 5.74) is 9.17. The van der Waals surface area contributed by atoms with Gasteiger partial charge in [-0.3, -0.25) is 5.73 Å². The Labute approximate surface area is 125 Å². The molecule has 0 spiro atoms. The molecule has 1 aromatic heterocycles. The molecule has 108 valence electrons. The molecule has 1 heterocycles. The SMILES string of the molecule is COc1ccccc1-c1cc(CC(C)C)[nH+]c(N)c1C#N. The average molecular weight is 282 g/mol. The van der Waals surface area contributed by atoms with Gasteiger partial charge in [0.15, 0.2) is 0 Å². The molecule has 0 radical (unpaired) electrons. The molecular formula is C17H20N3O+. The molecule has 2 rings (SSSR count). The number of methoxy groups -OCH3 is 1. The maximum Gasteiger partial charge on any atom is 0.289 e. The van der Waals surface area contributed by atoms with E-state index >= 15 is 0 Å². The molecule has 4 nitrogen and oxygen atoms in total. The van der Waals surface area contributed by atoms with E-state index in [0.717, 1.165) is 29.0 Å². The summed E-state index contributed by atoms with van der Waals surface area (Å²) in [5.74, 6) is 1.63. The monoisotopic (exact) mass is 282 g/mol. The first-order valence-electron chi connectivity index (χ1n) is 6.95. The van der Waals surface area contributed by atoms with Crippen LogP contribution in [0.2, 0.25) is 0 Å². The van der Waals surface area contributed by atoms with Gasteiger partial charge in [0.25, 0.3) is 5.82 Å². The summed E-state index contributed by atoms with van der Waals surface area (Å²) in [6.45, 7) is 4.29. The minimum absolute atomic E-state index is 0.400. The molecule has 0 fully saturated rings. The predicted molar refractivity (Wildman–Crippen MR) is 82.7 cm³/mol. The summed E-state index contributed by atoms with van der Waals surface area (Å²) in [4.78, 5) is 3.12. The van der Waals surface area contributed by atoms with Crippen LogP contribution in [0.4, 0.5) is 5.82 Å². The van der Waals surface area contributed by atoms with Crippen LogP contribution in [0, 0.1) is 17.2 Å². The molecule has 21 heavy (non-hydrogen) atoms. The quantitative estimate of drug-likeness (QED) is 0.937. The number of benzene rings is 1. The number of nitriles is 1. The number of nitrogen functional groups attached to an aromatic ring is 1. The Hall–Kier alpha value is -2.54. The summed E-state index contributed by atoms with van der Waals surface area (Å²) >= 11 is 0. The van der Waals surface area contributed by atoms with Crippen LogP contribution >= 0.6 is 0 Å². The van der Waals surface area contributed by atoms with Gasteiger partial charge in [-0.15, -0.1) is 0 Å². The van der Waals surface area contributed by atoms with Crippen LogP contribution < -0.4 is 15.5 Å². The van der Waals surface area contributed by atoms with E-state index in [1.165, 1.54) is 0 Å². The van der Waals surface area contributed by atoms with Crippen molar-refractivity contribution < 1.29 is 9.72 Å². The fourth-order valence-electron chi connectivity index (χ4n) is 2.41. The Morgan fingerprint density at radius 2 is 2.00 bits per heavy atom. The lowest BCUT2D eigenvalue weighted by atomic mass is 9.97. The number of H-pyrrole nitrogens is 1. The van der Waals surface area contributed by atoms with Gasteiger partial charge in [0.2, 0.25) is 0 Å². The second-order valence-electron chi connectivity index (χ2n) is 5.41. The molecule has 0 aliphatic rings. The van der Waals surface area contributed by atoms with E-state index in [-0.39, 0.29) is 0 Å². The summed E-state index contributed by atoms with van der Waals surface area (Å²) in [6.07, 6.45) is 0.873. The Morgan fingerprint density at radius 3 is 2.62 bits per heavy atom. The van der Waals surface area contributed by atoms with E-state index in [4.69, 9.17) is 10.5 Å². The number of nitrogens with one attached hydrogen (secondary N) is 1. The zero-order valence-electron chi connectivity index (χ0n) is 12.6. The third-order valence-electron chi connectivity index (χ3n) is 3.29. The van der Waals surface area contributed by atoms with Gasteiger partial charge >= 0.3 is 0 Å². The van der Waals surface area contributed by atoms with Crippen LogP contribution in [-0.2, 0) is 6.42 Å². The maximum atomic E-state index is 9.41. The highest BCUT2D eigenvalue weighted by Crippen LogP contribution is 2.33. The Bertz CT molecular complexity index is 687. The Balaban J connectivity index is 2.66. The minimum atomic E-state index is 0.400. The van der Waals surface area contributed by atoms with Crippen molar-refractivity contribution in [2.24, 2.45) is 5.92 Å². The smallest absolute Gasteiger partial charge is 0.289 e. The second kappa shape index (κ2) is 6.27. The lowest BCUT2D eigenvalue weighted by molar-refractivity contribution is -0.373. The van der Waals surface area contributed by atoms with Gasteiger partial charge in [-0.1, -0.05) is 32.0 Å². The average Bonchev–Trinajstić information content (AvgIpc) is 2.46. The third kappa shape index (κ3) is 3.14. The number of nitrogens with zero attached hydrogens (tertiary/aromatic N) is 1. The van der Waals surface area contributed by atoms with Crippen LogP contribution in [-0.4, -0.2) is 7.11 Å². The summed E-state index contributed by atoms with van der Waals surface area (Å²) in [6, 6.07) is 11.8. The van der Waals surface area contributed by atoms with Crippen molar-refractivity contribution in [3.63, 3.8) is 0 Å². The van der Waals surface area contributed by atoms with Gasteiger partial charge in [-0.25, -0.2) is 4.98 Å². The number of ether oxygens (including phenoxy) is 1. The number of anilines is 1. The standard InChI is InChI=1S/C17H19N3O/c1-11(2)8-12-9-14(15(10-18)17(19)20-12)13-6-4-5-7-16(13)21-3/h4-7,9,11H,8H2,1-3H3,(H2,19,20)/p+1. The first-order valence-corrected chi connectivity index (χ1v) is 6.95. The largest absolute Gasteiger partial charge is 0.496 e. The van der Waals surface area contributed by atoms with Crippen molar-refractivity contribution in [1.82, 2.24) is 0 Å². The van der Waals surface area contributed by atoms with Crippen LogP contribution in [0.5, 0.6) is 5.75 Å². The van der Waals surface area contributed by atoms with Crippen LogP contribution in [0.15, 0.2) is 30.3 Å². The molecule has 0 amide bonds. The van der Waals surface area contributed by atoms with Crippen molar-refractivity contribution in [1.29, 1.82) is 5.26 Å². The number of aromatic amines is 1. The normalized spacial score (nSPS) is 10.4. The molecule has 0 saturated carbocycles. The van der Waals surface area contributed by atoms with Gasteiger partial charge in [0, 0.05) is 17.5 Å². The zero-order valence-corrected chi connectivity index (χ0v) is 12.6. The molecule has 0 saturated heterocycles. The first kappa shape index (κ1) is 14.9. The van der Waals surface area contributed by atoms with Crippen molar-refractivity contribution in [3.05, 3.63) is 41.6 Å². The second-order valence-corrected chi connectivity index (χ2v) is 5.41. The van der Waals surface area contributed by atoms with Crippen LogP contribution in [0.3, 0.4) is 0 Å². The summed E-state index contributed by atoms with van der Waals surface area (Å²) < 4.78 is 5.40. The lowest BCUT2D eigenvalue weighted by Gasteiger charge is -2.11. The van der Waals surface area contributed by atoms with E-state index < -0.39 is 0 Å². The molecule has 1 aromatic carbocycles. The molecule has 3 N–H and O–H groups in total. The van der Waals surface area contributed by atoms with E-state index in [9.17, 15) is 5.26 Å². The lowest BCUT2D eigenvalue weighted by Crippen LogP contribution is -2.20. The molecule has 2 aromatic rings. The number of hydrogen-bond donors (Lipinski definition) is 1. The van der Waals surface area contributed by atoms with E-state index in [1.807, 2.05) is 30.3 Å². The fourth-order valence-corrected chi connectivity index (χ4v) is 2.41. The highest BCUT2D eigenvalue weighted by molar-refractivity contribution is 5.78. The van der Waals surface area contributed by atoms with Crippen molar-refractivity contribution in [3.8, 4) is 22.9 Å². The van der Waals surface area contributed by atoms with E-state index in [2.05, 4.69) is 24.9 Å². The number of pyridine rings is 1. The van der Waals surface area contributed by atoms with Crippen molar-refractivity contribution in [2.45, 2.75) is 20.3 Å². The Kier molecular flexibility index (Phi) is 4.44. The predicted octanol–water partition coefficient (Wildman–Crippen LogP) is 2.83. The molecule has 0 unspecified atom stereocenters. The van der Waals surface area contributed by atoms with Gasteiger partial charge in [0.1, 0.15) is 23.1 Å². The number of para-hydroxylation sites is 1. The summed E-state index contributed by atoms with van der Waals surface area (Å²) in [7, 11) is 1.62. The highest BCUT2D eigenvalue weighted by atomic mass is 16.5.